The van der Waals surface area contributed by atoms with Crippen molar-refractivity contribution < 1.29 is 9.18 Å². The fourth-order valence-corrected chi connectivity index (χ4v) is 5.75. The van der Waals surface area contributed by atoms with Gasteiger partial charge in [-0.25, -0.2) is 9.37 Å². The van der Waals surface area contributed by atoms with Crippen LogP contribution in [0.3, 0.4) is 0 Å². The van der Waals surface area contributed by atoms with E-state index in [-0.39, 0.29) is 22.9 Å². The molecule has 1 aliphatic rings. The molecule has 6 aromatic heterocycles. The zero-order chi connectivity index (χ0) is 25.6. The number of aromatic amines is 2. The van der Waals surface area contributed by atoms with Crippen molar-refractivity contribution in [3.05, 3.63) is 59.7 Å². The minimum Gasteiger partial charge on any atom is -0.335 e. The summed E-state index contributed by atoms with van der Waals surface area (Å²) in [4.78, 5) is 33.5. The lowest BCUT2D eigenvalue weighted by Gasteiger charge is -2.11. The highest BCUT2D eigenvalue weighted by molar-refractivity contribution is 7.08. The Balaban J connectivity index is 1.28. The Kier molecular flexibility index (Phi) is 5.43. The third-order valence-electron chi connectivity index (χ3n) is 7.00. The molecule has 1 saturated carbocycles. The summed E-state index contributed by atoms with van der Waals surface area (Å²) in [7, 11) is 0. The van der Waals surface area contributed by atoms with Gasteiger partial charge in [0.05, 0.1) is 40.7 Å². The summed E-state index contributed by atoms with van der Waals surface area (Å²) in [5.41, 5.74) is 5.22. The minimum atomic E-state index is -0.552. The summed E-state index contributed by atoms with van der Waals surface area (Å²) in [5.74, 6) is -0.146. The van der Waals surface area contributed by atoms with E-state index < -0.39 is 5.82 Å². The summed E-state index contributed by atoms with van der Waals surface area (Å²) in [6.07, 6.45) is 12.0. The molecule has 9 nitrogen and oxygen atoms in total. The molecule has 188 valence electrons. The molecule has 6 heterocycles. The third kappa shape index (κ3) is 3.82. The first-order chi connectivity index (χ1) is 18.7. The molecule has 6 aromatic rings. The Labute approximate surface area is 219 Å². The van der Waals surface area contributed by atoms with Crippen molar-refractivity contribution in [3.63, 3.8) is 0 Å². The maximum Gasteiger partial charge on any atom is 0.227 e. The molecule has 0 atom stereocenters. The number of imidazole rings is 1. The van der Waals surface area contributed by atoms with Crippen LogP contribution in [0.5, 0.6) is 0 Å². The van der Waals surface area contributed by atoms with Gasteiger partial charge in [0.1, 0.15) is 16.9 Å². The van der Waals surface area contributed by atoms with Crippen molar-refractivity contribution in [1.82, 2.24) is 35.1 Å². The lowest BCUT2D eigenvalue weighted by atomic mass is 10.1. The number of anilines is 1. The number of nitrogens with one attached hydrogen (secondary N) is 3. The number of thiophene rings is 1. The second kappa shape index (κ2) is 9.10. The Morgan fingerprint density at radius 1 is 1.03 bits per heavy atom. The normalized spacial score (nSPS) is 14.0. The van der Waals surface area contributed by atoms with Crippen LogP contribution in [-0.2, 0) is 4.79 Å². The van der Waals surface area contributed by atoms with Crippen LogP contribution in [0.25, 0.3) is 55.8 Å². The largest absolute Gasteiger partial charge is 0.335 e. The summed E-state index contributed by atoms with van der Waals surface area (Å²) in [6.45, 7) is 0. The van der Waals surface area contributed by atoms with E-state index in [2.05, 4.69) is 35.5 Å². The van der Waals surface area contributed by atoms with Gasteiger partial charge < -0.3 is 10.3 Å². The van der Waals surface area contributed by atoms with E-state index in [0.717, 1.165) is 47.8 Å². The quantitative estimate of drug-likeness (QED) is 0.256. The van der Waals surface area contributed by atoms with Gasteiger partial charge in [0, 0.05) is 29.4 Å². The lowest BCUT2D eigenvalue weighted by molar-refractivity contribution is -0.119. The van der Waals surface area contributed by atoms with Crippen molar-refractivity contribution in [2.24, 2.45) is 5.92 Å². The molecule has 0 spiro atoms. The summed E-state index contributed by atoms with van der Waals surface area (Å²) >= 11 is 1.59. The molecular weight excluding hydrogens is 503 g/mol. The molecule has 0 aliphatic heterocycles. The average Bonchev–Trinajstić information content (AvgIpc) is 3.74. The van der Waals surface area contributed by atoms with Gasteiger partial charge in [-0.3, -0.25) is 24.8 Å². The molecule has 0 unspecified atom stereocenters. The highest BCUT2D eigenvalue weighted by Crippen LogP contribution is 2.35. The van der Waals surface area contributed by atoms with Crippen molar-refractivity contribution in [2.45, 2.75) is 25.7 Å². The van der Waals surface area contributed by atoms with Crippen LogP contribution in [0.15, 0.2) is 53.9 Å². The van der Waals surface area contributed by atoms with E-state index in [1.807, 2.05) is 16.8 Å². The number of nitrogens with zero attached hydrogens (tertiary/aromatic N) is 5. The molecule has 0 bridgehead atoms. The predicted octanol–water partition coefficient (Wildman–Crippen LogP) is 5.95. The number of carbonyl (C=O) groups is 1. The molecular formula is C27H21FN8OS. The SMILES string of the molecule is O=C(Nc1cncc(-c2ncc3[nH]nc(-c4nc5c(-c6ccsc6)cncc5[nH]4)c3c2F)c1)C1CCCC1. The zero-order valence-corrected chi connectivity index (χ0v) is 20.8. The summed E-state index contributed by atoms with van der Waals surface area (Å²) < 4.78 is 16.0. The van der Waals surface area contributed by atoms with Crippen LogP contribution in [0.2, 0.25) is 0 Å². The van der Waals surface area contributed by atoms with Crippen LogP contribution in [0, 0.1) is 11.7 Å². The van der Waals surface area contributed by atoms with E-state index in [1.165, 1.54) is 12.4 Å². The second-order valence-electron chi connectivity index (χ2n) is 9.40. The zero-order valence-electron chi connectivity index (χ0n) is 20.0. The van der Waals surface area contributed by atoms with Gasteiger partial charge in [-0.1, -0.05) is 12.8 Å². The first kappa shape index (κ1) is 22.7. The van der Waals surface area contributed by atoms with Crippen LogP contribution in [-0.4, -0.2) is 41.0 Å². The van der Waals surface area contributed by atoms with Crippen molar-refractivity contribution >= 4 is 44.9 Å². The molecule has 3 N–H and O–H groups in total. The number of fused-ring (bicyclic) bond motifs is 2. The van der Waals surface area contributed by atoms with Gasteiger partial charge in [-0.2, -0.15) is 16.4 Å². The number of rotatable bonds is 5. The highest BCUT2D eigenvalue weighted by Gasteiger charge is 2.24. The van der Waals surface area contributed by atoms with Gasteiger partial charge in [-0.05, 0) is 41.3 Å². The maximum atomic E-state index is 16.0. The van der Waals surface area contributed by atoms with E-state index >= 15 is 4.39 Å². The highest BCUT2D eigenvalue weighted by atomic mass is 32.1. The Morgan fingerprint density at radius 3 is 2.74 bits per heavy atom. The Hall–Kier alpha value is -4.51. The molecule has 7 rings (SSSR count). The van der Waals surface area contributed by atoms with E-state index in [4.69, 9.17) is 4.98 Å². The average molecular weight is 525 g/mol. The molecule has 1 aliphatic carbocycles. The fraction of sp³-hybridized carbons (Fsp3) is 0.185. The number of aromatic nitrogens is 7. The minimum absolute atomic E-state index is 0.0117. The lowest BCUT2D eigenvalue weighted by Crippen LogP contribution is -2.20. The van der Waals surface area contributed by atoms with Crippen LogP contribution >= 0.6 is 11.3 Å². The summed E-state index contributed by atoms with van der Waals surface area (Å²) in [5, 5.41) is 14.4. The predicted molar refractivity (Wildman–Crippen MR) is 144 cm³/mol. The van der Waals surface area contributed by atoms with E-state index in [1.54, 1.807) is 36.0 Å². The number of H-pyrrole nitrogens is 2. The number of hydrogen-bond donors (Lipinski definition) is 3. The van der Waals surface area contributed by atoms with Gasteiger partial charge >= 0.3 is 0 Å². The molecule has 38 heavy (non-hydrogen) atoms. The summed E-state index contributed by atoms with van der Waals surface area (Å²) in [6, 6.07) is 3.70. The Bertz CT molecular complexity index is 1800. The molecule has 11 heteroatoms. The van der Waals surface area contributed by atoms with Crippen LogP contribution in [0.4, 0.5) is 10.1 Å². The molecule has 0 aromatic carbocycles. The topological polar surface area (TPSA) is 125 Å². The Morgan fingerprint density at radius 2 is 1.89 bits per heavy atom. The van der Waals surface area contributed by atoms with Crippen LogP contribution in [0.1, 0.15) is 25.7 Å². The number of amides is 1. The molecule has 0 saturated heterocycles. The van der Waals surface area contributed by atoms with Crippen molar-refractivity contribution in [2.75, 3.05) is 5.32 Å². The van der Waals surface area contributed by atoms with E-state index in [0.29, 0.717) is 28.3 Å². The standard InChI is InChI=1S/C27H21FN8OS/c28-22-21-19(12-31-23(22)16-7-17(9-29-8-16)32-27(37)14-3-1-2-4-14)35-36-25(21)26-33-20-11-30-10-18(24(20)34-26)15-5-6-38-13-15/h5-14H,1-4H2,(H,32,37)(H,33,34)(H,35,36). The number of pyridine rings is 3. The van der Waals surface area contributed by atoms with E-state index in [9.17, 15) is 4.79 Å². The third-order valence-corrected chi connectivity index (χ3v) is 7.68. The van der Waals surface area contributed by atoms with Crippen LogP contribution < -0.4 is 5.32 Å². The van der Waals surface area contributed by atoms with Crippen molar-refractivity contribution in [1.29, 1.82) is 0 Å². The molecule has 0 radical (unpaired) electrons. The first-order valence-electron chi connectivity index (χ1n) is 12.3. The molecule has 1 amide bonds. The second-order valence-corrected chi connectivity index (χ2v) is 10.2. The smallest absolute Gasteiger partial charge is 0.227 e. The number of hydrogen-bond acceptors (Lipinski definition) is 7. The first-order valence-corrected chi connectivity index (χ1v) is 13.3. The molecule has 1 fully saturated rings. The monoisotopic (exact) mass is 524 g/mol. The van der Waals surface area contributed by atoms with Gasteiger partial charge in [0.25, 0.3) is 0 Å². The maximum absolute atomic E-state index is 16.0. The fourth-order valence-electron chi connectivity index (χ4n) is 5.09. The number of halogens is 1. The van der Waals surface area contributed by atoms with Gasteiger partial charge in [0.15, 0.2) is 11.6 Å². The number of carbonyl (C=O) groups excluding carboxylic acids is 1. The van der Waals surface area contributed by atoms with Crippen molar-refractivity contribution in [3.8, 4) is 33.9 Å². The van der Waals surface area contributed by atoms with Gasteiger partial charge in [-0.15, -0.1) is 0 Å². The van der Waals surface area contributed by atoms with Gasteiger partial charge in [0.2, 0.25) is 5.91 Å².